The normalized spacial score (nSPS) is 11.0. The second kappa shape index (κ2) is 7.45. The summed E-state index contributed by atoms with van der Waals surface area (Å²) in [6, 6.07) is 5.33. The SMILES string of the molecule is Cc1ccc(/C=C/C(=O)O)cc1NC(=O)COC(C)C. The van der Waals surface area contributed by atoms with E-state index >= 15 is 0 Å². The lowest BCUT2D eigenvalue weighted by atomic mass is 10.1. The van der Waals surface area contributed by atoms with E-state index in [1.165, 1.54) is 6.08 Å². The molecule has 1 amide bonds. The predicted molar refractivity (Wildman–Crippen MR) is 77.6 cm³/mol. The number of carbonyl (C=O) groups excluding carboxylic acids is 1. The van der Waals surface area contributed by atoms with Gasteiger partial charge in [-0.1, -0.05) is 12.1 Å². The Morgan fingerprint density at radius 2 is 2.10 bits per heavy atom. The summed E-state index contributed by atoms with van der Waals surface area (Å²) in [7, 11) is 0. The number of ether oxygens (including phenoxy) is 1. The predicted octanol–water partition coefficient (Wildman–Crippen LogP) is 2.46. The van der Waals surface area contributed by atoms with E-state index in [1.807, 2.05) is 26.8 Å². The number of nitrogens with one attached hydrogen (secondary N) is 1. The number of carbonyl (C=O) groups is 2. The minimum absolute atomic E-state index is 0.00764. The molecule has 0 unspecified atom stereocenters. The molecule has 0 spiro atoms. The number of benzene rings is 1. The minimum atomic E-state index is -1.01. The second-order valence-electron chi connectivity index (χ2n) is 4.65. The third kappa shape index (κ3) is 5.67. The Bertz CT molecular complexity index is 521. The first-order chi connectivity index (χ1) is 9.38. The molecule has 0 aliphatic heterocycles. The van der Waals surface area contributed by atoms with Crippen LogP contribution in [-0.2, 0) is 14.3 Å². The van der Waals surface area contributed by atoms with Crippen molar-refractivity contribution in [3.05, 3.63) is 35.4 Å². The highest BCUT2D eigenvalue weighted by Gasteiger charge is 2.06. The molecule has 0 atom stereocenters. The first kappa shape index (κ1) is 15.9. The summed E-state index contributed by atoms with van der Waals surface area (Å²) in [6.45, 7) is 5.57. The summed E-state index contributed by atoms with van der Waals surface area (Å²) >= 11 is 0. The van der Waals surface area contributed by atoms with Crippen molar-refractivity contribution in [2.75, 3.05) is 11.9 Å². The quantitative estimate of drug-likeness (QED) is 0.783. The van der Waals surface area contributed by atoms with Crippen molar-refractivity contribution >= 4 is 23.6 Å². The van der Waals surface area contributed by atoms with Crippen molar-refractivity contribution in [2.45, 2.75) is 26.9 Å². The van der Waals surface area contributed by atoms with Crippen LogP contribution in [0.4, 0.5) is 5.69 Å². The molecule has 1 aromatic carbocycles. The van der Waals surface area contributed by atoms with E-state index in [0.29, 0.717) is 11.3 Å². The van der Waals surface area contributed by atoms with Crippen molar-refractivity contribution in [2.24, 2.45) is 0 Å². The maximum Gasteiger partial charge on any atom is 0.328 e. The maximum absolute atomic E-state index is 11.7. The zero-order valence-corrected chi connectivity index (χ0v) is 11.8. The Labute approximate surface area is 118 Å². The third-order valence-corrected chi connectivity index (χ3v) is 2.50. The van der Waals surface area contributed by atoms with Crippen molar-refractivity contribution in [1.29, 1.82) is 0 Å². The van der Waals surface area contributed by atoms with Crippen LogP contribution in [0.15, 0.2) is 24.3 Å². The molecule has 5 nitrogen and oxygen atoms in total. The lowest BCUT2D eigenvalue weighted by Gasteiger charge is -2.11. The van der Waals surface area contributed by atoms with Gasteiger partial charge in [-0.15, -0.1) is 0 Å². The fraction of sp³-hybridized carbons (Fsp3) is 0.333. The van der Waals surface area contributed by atoms with Crippen LogP contribution in [-0.4, -0.2) is 29.7 Å². The summed E-state index contributed by atoms with van der Waals surface area (Å²) in [4.78, 5) is 22.2. The number of anilines is 1. The summed E-state index contributed by atoms with van der Waals surface area (Å²) in [5, 5.41) is 11.3. The number of hydrogen-bond acceptors (Lipinski definition) is 3. The zero-order valence-electron chi connectivity index (χ0n) is 11.8. The van der Waals surface area contributed by atoms with Crippen LogP contribution in [0.1, 0.15) is 25.0 Å². The van der Waals surface area contributed by atoms with Gasteiger partial charge >= 0.3 is 5.97 Å². The number of hydrogen-bond donors (Lipinski definition) is 2. The van der Waals surface area contributed by atoms with Gasteiger partial charge in [0, 0.05) is 11.8 Å². The van der Waals surface area contributed by atoms with E-state index in [1.54, 1.807) is 12.1 Å². The summed E-state index contributed by atoms with van der Waals surface area (Å²) in [5.41, 5.74) is 2.25. The van der Waals surface area contributed by atoms with Gasteiger partial charge in [-0.3, -0.25) is 4.79 Å². The molecule has 1 aromatic rings. The molecule has 0 bridgehead atoms. The number of carboxylic acids is 1. The van der Waals surface area contributed by atoms with Crippen LogP contribution >= 0.6 is 0 Å². The molecule has 0 saturated carbocycles. The maximum atomic E-state index is 11.7. The van der Waals surface area contributed by atoms with Gasteiger partial charge in [0.2, 0.25) is 5.91 Å². The molecule has 0 radical (unpaired) electrons. The van der Waals surface area contributed by atoms with Crippen molar-refractivity contribution < 1.29 is 19.4 Å². The Morgan fingerprint density at radius 3 is 2.70 bits per heavy atom. The fourth-order valence-electron chi connectivity index (χ4n) is 1.47. The van der Waals surface area contributed by atoms with Gasteiger partial charge in [0.05, 0.1) is 6.10 Å². The molecule has 0 aliphatic carbocycles. The fourth-order valence-corrected chi connectivity index (χ4v) is 1.47. The summed E-state index contributed by atoms with van der Waals surface area (Å²) in [6.07, 6.45) is 2.52. The molecular formula is C15H19NO4. The minimum Gasteiger partial charge on any atom is -0.478 e. The molecular weight excluding hydrogens is 258 g/mol. The molecule has 0 aliphatic rings. The van der Waals surface area contributed by atoms with Crippen LogP contribution in [0.25, 0.3) is 6.08 Å². The first-order valence-electron chi connectivity index (χ1n) is 6.31. The van der Waals surface area contributed by atoms with E-state index in [0.717, 1.165) is 11.6 Å². The highest BCUT2D eigenvalue weighted by atomic mass is 16.5. The highest BCUT2D eigenvalue weighted by molar-refractivity contribution is 5.93. The molecule has 0 heterocycles. The van der Waals surface area contributed by atoms with Gasteiger partial charge in [-0.05, 0) is 44.0 Å². The van der Waals surface area contributed by atoms with Gasteiger partial charge in [-0.2, -0.15) is 0 Å². The number of amides is 1. The monoisotopic (exact) mass is 277 g/mol. The third-order valence-electron chi connectivity index (χ3n) is 2.50. The van der Waals surface area contributed by atoms with E-state index in [2.05, 4.69) is 5.32 Å². The number of carboxylic acid groups (broad SMARTS) is 1. The highest BCUT2D eigenvalue weighted by Crippen LogP contribution is 2.18. The molecule has 1 rings (SSSR count). The molecule has 0 fully saturated rings. The van der Waals surface area contributed by atoms with Gasteiger partial charge < -0.3 is 15.2 Å². The Hall–Kier alpha value is -2.14. The molecule has 108 valence electrons. The number of aliphatic carboxylic acids is 1. The Kier molecular flexibility index (Phi) is 5.93. The van der Waals surface area contributed by atoms with Gasteiger partial charge in [0.25, 0.3) is 0 Å². The van der Waals surface area contributed by atoms with Crippen LogP contribution in [0.2, 0.25) is 0 Å². The van der Waals surface area contributed by atoms with Crippen molar-refractivity contribution in [3.63, 3.8) is 0 Å². The molecule has 0 saturated heterocycles. The second-order valence-corrected chi connectivity index (χ2v) is 4.65. The average molecular weight is 277 g/mol. The lowest BCUT2D eigenvalue weighted by Crippen LogP contribution is -2.21. The Balaban J connectivity index is 2.76. The van der Waals surface area contributed by atoms with E-state index in [-0.39, 0.29) is 18.6 Å². The van der Waals surface area contributed by atoms with Crippen molar-refractivity contribution in [1.82, 2.24) is 0 Å². The number of rotatable bonds is 6. The largest absolute Gasteiger partial charge is 0.478 e. The molecule has 0 aromatic heterocycles. The summed E-state index contributed by atoms with van der Waals surface area (Å²) in [5.74, 6) is -1.25. The lowest BCUT2D eigenvalue weighted by molar-refractivity contribution is -0.131. The smallest absolute Gasteiger partial charge is 0.328 e. The molecule has 2 N–H and O–H groups in total. The van der Waals surface area contributed by atoms with E-state index < -0.39 is 5.97 Å². The number of aryl methyl sites for hydroxylation is 1. The molecule has 20 heavy (non-hydrogen) atoms. The van der Waals surface area contributed by atoms with E-state index in [4.69, 9.17) is 9.84 Å². The Morgan fingerprint density at radius 1 is 1.40 bits per heavy atom. The molecule has 5 heteroatoms. The van der Waals surface area contributed by atoms with Crippen LogP contribution < -0.4 is 5.32 Å². The summed E-state index contributed by atoms with van der Waals surface area (Å²) < 4.78 is 5.22. The van der Waals surface area contributed by atoms with Crippen molar-refractivity contribution in [3.8, 4) is 0 Å². The van der Waals surface area contributed by atoms with Gasteiger partial charge in [-0.25, -0.2) is 4.79 Å². The zero-order chi connectivity index (χ0) is 15.1. The average Bonchev–Trinajstić information content (AvgIpc) is 2.37. The standard InChI is InChI=1S/C15H19NO4/c1-10(2)20-9-14(17)16-13-8-12(5-4-11(13)3)6-7-15(18)19/h4-8,10H,9H2,1-3H3,(H,16,17)(H,18,19)/b7-6+. The van der Waals surface area contributed by atoms with Crippen LogP contribution in [0.5, 0.6) is 0 Å². The topological polar surface area (TPSA) is 75.6 Å². The van der Waals surface area contributed by atoms with E-state index in [9.17, 15) is 9.59 Å². The van der Waals surface area contributed by atoms with Gasteiger partial charge in [0.1, 0.15) is 6.61 Å². The first-order valence-corrected chi connectivity index (χ1v) is 6.31. The van der Waals surface area contributed by atoms with Crippen LogP contribution in [0, 0.1) is 6.92 Å². The van der Waals surface area contributed by atoms with Crippen LogP contribution in [0.3, 0.4) is 0 Å². The van der Waals surface area contributed by atoms with Gasteiger partial charge in [0.15, 0.2) is 0 Å².